The highest BCUT2D eigenvalue weighted by Crippen LogP contribution is 2.44. The predicted molar refractivity (Wildman–Crippen MR) is 180 cm³/mol. The molecule has 0 rings (SSSR count). The van der Waals surface area contributed by atoms with E-state index in [2.05, 4.69) is 18.9 Å². The Labute approximate surface area is 261 Å². The van der Waals surface area contributed by atoms with Gasteiger partial charge < -0.3 is 5.11 Å². The summed E-state index contributed by atoms with van der Waals surface area (Å²) in [6.07, 6.45) is 35.7. The average Bonchev–Trinajstić information content (AvgIpc) is 2.97. The van der Waals surface area contributed by atoms with Gasteiger partial charge in [-0.3, -0.25) is 13.8 Å². The van der Waals surface area contributed by atoms with Crippen LogP contribution in [-0.2, 0) is 18.4 Å². The number of aliphatic carboxylic acids is 1. The van der Waals surface area contributed by atoms with Crippen molar-refractivity contribution in [1.82, 2.24) is 5.09 Å². The van der Waals surface area contributed by atoms with Crippen molar-refractivity contribution >= 4 is 13.7 Å². The number of unbranched alkanes of at least 4 members (excludes halogenated alkanes) is 26. The maximum Gasteiger partial charge on any atom is 0.406 e. The SMILES string of the molecule is CCCCCCCCCCCCCCCCOP(=O)(N[C@@H](C)C(=O)O)OCCCCCCCCCCCCCCCC. The van der Waals surface area contributed by atoms with Gasteiger partial charge in [-0.15, -0.1) is 0 Å². The van der Waals surface area contributed by atoms with E-state index in [1.165, 1.54) is 148 Å². The Kier molecular flexibility index (Phi) is 31.7. The molecule has 0 aliphatic heterocycles. The minimum atomic E-state index is -3.63. The summed E-state index contributed by atoms with van der Waals surface area (Å²) in [6.45, 7) is 6.66. The Balaban J connectivity index is 3.84. The first-order valence-electron chi connectivity index (χ1n) is 18.3. The van der Waals surface area contributed by atoms with Gasteiger partial charge in [0.1, 0.15) is 6.04 Å². The molecule has 0 spiro atoms. The molecule has 0 aliphatic carbocycles. The molecule has 0 amide bonds. The number of carboxylic acids is 1. The van der Waals surface area contributed by atoms with Crippen LogP contribution in [0.15, 0.2) is 0 Å². The molecule has 0 saturated heterocycles. The molecule has 7 heteroatoms. The molecule has 0 aliphatic rings. The van der Waals surface area contributed by atoms with E-state index >= 15 is 0 Å². The number of rotatable bonds is 35. The number of nitrogens with one attached hydrogen (secondary N) is 1. The highest BCUT2D eigenvalue weighted by molar-refractivity contribution is 7.51. The smallest absolute Gasteiger partial charge is 0.406 e. The van der Waals surface area contributed by atoms with Crippen molar-refractivity contribution < 1.29 is 23.5 Å². The fraction of sp³-hybridized carbons (Fsp3) is 0.971. The Morgan fingerprint density at radius 3 is 1.00 bits per heavy atom. The average molecular weight is 618 g/mol. The molecule has 0 unspecified atom stereocenters. The zero-order valence-electron chi connectivity index (χ0n) is 28.3. The zero-order valence-corrected chi connectivity index (χ0v) is 29.2. The van der Waals surface area contributed by atoms with Gasteiger partial charge in [0, 0.05) is 0 Å². The third kappa shape index (κ3) is 29.6. The maximum absolute atomic E-state index is 13.2. The molecule has 0 aromatic carbocycles. The van der Waals surface area contributed by atoms with E-state index in [4.69, 9.17) is 9.05 Å². The van der Waals surface area contributed by atoms with Gasteiger partial charge in [0.15, 0.2) is 0 Å². The molecule has 0 bridgehead atoms. The van der Waals surface area contributed by atoms with Crippen molar-refractivity contribution in [1.29, 1.82) is 0 Å². The van der Waals surface area contributed by atoms with E-state index in [0.29, 0.717) is 13.2 Å². The lowest BCUT2D eigenvalue weighted by atomic mass is 10.0. The van der Waals surface area contributed by atoms with Gasteiger partial charge in [-0.2, -0.15) is 0 Å². The van der Waals surface area contributed by atoms with Crippen molar-refractivity contribution in [3.8, 4) is 0 Å². The van der Waals surface area contributed by atoms with Gasteiger partial charge in [-0.25, -0.2) is 9.65 Å². The van der Waals surface area contributed by atoms with E-state index in [1.54, 1.807) is 0 Å². The summed E-state index contributed by atoms with van der Waals surface area (Å²) in [5, 5.41) is 11.9. The van der Waals surface area contributed by atoms with Crippen molar-refractivity contribution in [2.24, 2.45) is 0 Å². The largest absolute Gasteiger partial charge is 0.480 e. The molecule has 42 heavy (non-hydrogen) atoms. The normalized spacial score (nSPS) is 12.6. The van der Waals surface area contributed by atoms with Crippen LogP contribution in [0.25, 0.3) is 0 Å². The predicted octanol–water partition coefficient (Wildman–Crippen LogP) is 12.2. The summed E-state index contributed by atoms with van der Waals surface area (Å²) in [6, 6.07) is -0.983. The van der Waals surface area contributed by atoms with Crippen molar-refractivity contribution in [2.45, 2.75) is 207 Å². The fourth-order valence-corrected chi connectivity index (χ4v) is 6.91. The molecule has 252 valence electrons. The molecular weight excluding hydrogens is 545 g/mol. The van der Waals surface area contributed by atoms with Crippen LogP contribution < -0.4 is 5.09 Å². The van der Waals surface area contributed by atoms with E-state index in [-0.39, 0.29) is 0 Å². The van der Waals surface area contributed by atoms with E-state index in [1.807, 2.05) is 0 Å². The standard InChI is InChI=1S/C35H72NO5P/c1-4-6-8-10-12-14-16-18-20-22-24-26-28-30-32-40-42(39,36-34(3)35(37)38)41-33-31-29-27-25-23-21-19-17-15-13-11-9-7-5-2/h34H,4-33H2,1-3H3,(H,36,39)(H,37,38)/t34-/m0/s1. The number of hydrogen-bond acceptors (Lipinski definition) is 4. The molecule has 6 nitrogen and oxygen atoms in total. The summed E-state index contributed by atoms with van der Waals surface area (Å²) >= 11 is 0. The zero-order chi connectivity index (χ0) is 31.0. The second-order valence-electron chi connectivity index (χ2n) is 12.5. The Morgan fingerprint density at radius 1 is 0.524 bits per heavy atom. The van der Waals surface area contributed by atoms with Gasteiger partial charge in [-0.05, 0) is 19.8 Å². The van der Waals surface area contributed by atoms with Crippen LogP contribution in [0.4, 0.5) is 0 Å². The van der Waals surface area contributed by atoms with E-state index in [9.17, 15) is 14.5 Å². The number of carboxylic acid groups (broad SMARTS) is 1. The van der Waals surface area contributed by atoms with Gasteiger partial charge in [0.05, 0.1) is 13.2 Å². The number of carbonyl (C=O) groups is 1. The molecule has 0 heterocycles. The topological polar surface area (TPSA) is 84.9 Å². The van der Waals surface area contributed by atoms with Crippen molar-refractivity contribution in [3.05, 3.63) is 0 Å². The molecular formula is C35H72NO5P. The lowest BCUT2D eigenvalue weighted by Crippen LogP contribution is -2.32. The summed E-state index contributed by atoms with van der Waals surface area (Å²) < 4.78 is 24.4. The first-order chi connectivity index (χ1) is 20.4. The summed E-state index contributed by atoms with van der Waals surface area (Å²) in [5.74, 6) is -1.06. The quantitative estimate of drug-likeness (QED) is 0.0543. The van der Waals surface area contributed by atoms with Gasteiger partial charge in [-0.1, -0.05) is 181 Å². The molecule has 0 aromatic rings. The first-order valence-corrected chi connectivity index (χ1v) is 19.9. The monoisotopic (exact) mass is 618 g/mol. The molecule has 0 saturated carbocycles. The Bertz CT molecular complexity index is 580. The fourth-order valence-electron chi connectivity index (χ4n) is 5.37. The summed E-state index contributed by atoms with van der Waals surface area (Å²) in [7, 11) is -3.63. The molecule has 0 aromatic heterocycles. The summed E-state index contributed by atoms with van der Waals surface area (Å²) in [5.41, 5.74) is 0. The lowest BCUT2D eigenvalue weighted by Gasteiger charge is -2.21. The van der Waals surface area contributed by atoms with Crippen LogP contribution in [0.1, 0.15) is 201 Å². The highest BCUT2D eigenvalue weighted by atomic mass is 31.2. The lowest BCUT2D eigenvalue weighted by molar-refractivity contribution is -0.138. The second-order valence-corrected chi connectivity index (χ2v) is 14.3. The van der Waals surface area contributed by atoms with Crippen LogP contribution in [-0.4, -0.2) is 30.3 Å². The van der Waals surface area contributed by atoms with Crippen LogP contribution >= 0.6 is 7.75 Å². The number of hydrogen-bond donors (Lipinski definition) is 2. The molecule has 2 N–H and O–H groups in total. The Morgan fingerprint density at radius 2 is 0.762 bits per heavy atom. The van der Waals surface area contributed by atoms with Gasteiger partial charge in [0.25, 0.3) is 0 Å². The third-order valence-corrected chi connectivity index (χ3v) is 9.99. The molecule has 1 atom stereocenters. The van der Waals surface area contributed by atoms with E-state index in [0.717, 1.165) is 38.5 Å². The van der Waals surface area contributed by atoms with Crippen molar-refractivity contribution in [3.63, 3.8) is 0 Å². The third-order valence-electron chi connectivity index (χ3n) is 8.24. The molecule has 0 fully saturated rings. The van der Waals surface area contributed by atoms with Gasteiger partial charge >= 0.3 is 13.7 Å². The Hall–Kier alpha value is -0.420. The minimum absolute atomic E-state index is 0.327. The van der Waals surface area contributed by atoms with Crippen LogP contribution in [0, 0.1) is 0 Å². The minimum Gasteiger partial charge on any atom is -0.480 e. The van der Waals surface area contributed by atoms with Gasteiger partial charge in [0.2, 0.25) is 0 Å². The van der Waals surface area contributed by atoms with Crippen molar-refractivity contribution in [2.75, 3.05) is 13.2 Å². The summed E-state index contributed by atoms with van der Waals surface area (Å²) in [4.78, 5) is 11.3. The van der Waals surface area contributed by atoms with Crippen LogP contribution in [0.3, 0.4) is 0 Å². The first kappa shape index (κ1) is 41.6. The van der Waals surface area contributed by atoms with Crippen LogP contribution in [0.5, 0.6) is 0 Å². The highest BCUT2D eigenvalue weighted by Gasteiger charge is 2.29. The maximum atomic E-state index is 13.2. The van der Waals surface area contributed by atoms with Crippen LogP contribution in [0.2, 0.25) is 0 Å². The van der Waals surface area contributed by atoms with E-state index < -0.39 is 19.8 Å². The molecule has 0 radical (unpaired) electrons. The second kappa shape index (κ2) is 32.0.